The van der Waals surface area contributed by atoms with E-state index in [1.54, 1.807) is 0 Å². The highest BCUT2D eigenvalue weighted by molar-refractivity contribution is 7.80. The Labute approximate surface area is 130 Å². The van der Waals surface area contributed by atoms with E-state index in [1.165, 1.54) is 0 Å². The number of benzene rings is 1. The molecule has 1 fully saturated rings. The Morgan fingerprint density at radius 1 is 1.45 bits per heavy atom. The molecule has 2 rings (SSSR count). The van der Waals surface area contributed by atoms with Gasteiger partial charge >= 0.3 is 5.97 Å². The lowest BCUT2D eigenvalue weighted by atomic mass is 9.84. The van der Waals surface area contributed by atoms with E-state index >= 15 is 0 Å². The van der Waals surface area contributed by atoms with Gasteiger partial charge in [0, 0.05) is 23.6 Å². The molecule has 1 aromatic rings. The maximum atomic E-state index is 11.9. The standard InChI is InChI=1S/C15H20ClNO2S/c1-11-10-12(2-3-13(11)16)15(5-7-17-8-6-15)19-14(18)4-9-20/h2-3,10,17,20H,4-9H2,1H3. The van der Waals surface area contributed by atoms with Crippen LogP contribution in [0.3, 0.4) is 0 Å². The molecule has 0 aliphatic carbocycles. The molecule has 0 aromatic heterocycles. The van der Waals surface area contributed by atoms with Crippen LogP contribution >= 0.6 is 24.2 Å². The van der Waals surface area contributed by atoms with Crippen molar-refractivity contribution in [2.45, 2.75) is 31.8 Å². The van der Waals surface area contributed by atoms with Gasteiger partial charge in [-0.05, 0) is 37.2 Å². The number of piperidine rings is 1. The molecule has 110 valence electrons. The van der Waals surface area contributed by atoms with Crippen molar-refractivity contribution in [2.75, 3.05) is 18.8 Å². The minimum absolute atomic E-state index is 0.186. The summed E-state index contributed by atoms with van der Waals surface area (Å²) in [5, 5.41) is 4.04. The Balaban J connectivity index is 2.30. The van der Waals surface area contributed by atoms with E-state index in [2.05, 4.69) is 17.9 Å². The molecule has 0 unspecified atom stereocenters. The average Bonchev–Trinajstić information content (AvgIpc) is 2.43. The number of hydrogen-bond acceptors (Lipinski definition) is 4. The zero-order chi connectivity index (χ0) is 14.6. The van der Waals surface area contributed by atoms with E-state index in [0.717, 1.165) is 42.1 Å². The van der Waals surface area contributed by atoms with Crippen molar-refractivity contribution in [1.82, 2.24) is 5.32 Å². The molecule has 1 N–H and O–H groups in total. The van der Waals surface area contributed by atoms with Crippen LogP contribution in [0.2, 0.25) is 5.02 Å². The quantitative estimate of drug-likeness (QED) is 0.663. The number of ether oxygens (including phenoxy) is 1. The molecule has 20 heavy (non-hydrogen) atoms. The molecule has 1 heterocycles. The summed E-state index contributed by atoms with van der Waals surface area (Å²) in [6.07, 6.45) is 1.91. The fourth-order valence-electron chi connectivity index (χ4n) is 2.57. The predicted octanol–water partition coefficient (Wildman–Crippen LogP) is 3.09. The highest BCUT2D eigenvalue weighted by Gasteiger charge is 2.37. The summed E-state index contributed by atoms with van der Waals surface area (Å²) in [6.45, 7) is 3.65. The number of hydrogen-bond donors (Lipinski definition) is 2. The van der Waals surface area contributed by atoms with Gasteiger partial charge in [-0.15, -0.1) is 0 Å². The molecule has 0 radical (unpaired) electrons. The van der Waals surface area contributed by atoms with Gasteiger partial charge in [0.25, 0.3) is 0 Å². The fraction of sp³-hybridized carbons (Fsp3) is 0.533. The Kier molecular flexibility index (Phi) is 5.35. The van der Waals surface area contributed by atoms with Gasteiger partial charge in [-0.25, -0.2) is 0 Å². The maximum absolute atomic E-state index is 11.9. The number of rotatable bonds is 4. The van der Waals surface area contributed by atoms with Crippen LogP contribution in [0.1, 0.15) is 30.4 Å². The minimum Gasteiger partial charge on any atom is -0.454 e. The van der Waals surface area contributed by atoms with E-state index in [-0.39, 0.29) is 5.97 Å². The second-order valence-electron chi connectivity index (χ2n) is 5.16. The van der Waals surface area contributed by atoms with Gasteiger partial charge in [-0.3, -0.25) is 4.79 Å². The molecule has 1 aromatic carbocycles. The third-order valence-corrected chi connectivity index (χ3v) is 4.37. The van der Waals surface area contributed by atoms with Crippen molar-refractivity contribution in [3.8, 4) is 0 Å². The van der Waals surface area contributed by atoms with Gasteiger partial charge in [0.15, 0.2) is 0 Å². The number of thiol groups is 1. The monoisotopic (exact) mass is 313 g/mol. The first-order valence-electron chi connectivity index (χ1n) is 6.87. The van der Waals surface area contributed by atoms with E-state index in [0.29, 0.717) is 12.2 Å². The Morgan fingerprint density at radius 3 is 2.75 bits per heavy atom. The van der Waals surface area contributed by atoms with Crippen molar-refractivity contribution < 1.29 is 9.53 Å². The summed E-state index contributed by atoms with van der Waals surface area (Å²) in [5.41, 5.74) is 1.52. The Bertz CT molecular complexity index is 487. The van der Waals surface area contributed by atoms with Gasteiger partial charge in [0.1, 0.15) is 5.60 Å². The second kappa shape index (κ2) is 6.83. The van der Waals surface area contributed by atoms with E-state index in [1.807, 2.05) is 25.1 Å². The highest BCUT2D eigenvalue weighted by Crippen LogP contribution is 2.36. The molecule has 1 saturated heterocycles. The van der Waals surface area contributed by atoms with Crippen molar-refractivity contribution in [3.63, 3.8) is 0 Å². The molecular formula is C15H20ClNO2S. The first-order chi connectivity index (χ1) is 9.57. The number of carbonyl (C=O) groups excluding carboxylic acids is 1. The summed E-state index contributed by atoms with van der Waals surface area (Å²) < 4.78 is 5.83. The van der Waals surface area contributed by atoms with Crippen LogP contribution < -0.4 is 5.32 Å². The van der Waals surface area contributed by atoms with Crippen LogP contribution in [0.5, 0.6) is 0 Å². The van der Waals surface area contributed by atoms with E-state index in [4.69, 9.17) is 16.3 Å². The fourth-order valence-corrected chi connectivity index (χ4v) is 2.87. The van der Waals surface area contributed by atoms with Crippen molar-refractivity contribution in [3.05, 3.63) is 34.3 Å². The predicted molar refractivity (Wildman–Crippen MR) is 84.5 cm³/mol. The maximum Gasteiger partial charge on any atom is 0.307 e. The first kappa shape index (κ1) is 15.7. The van der Waals surface area contributed by atoms with Crippen LogP contribution in [0, 0.1) is 6.92 Å². The van der Waals surface area contributed by atoms with Crippen LogP contribution in [0.15, 0.2) is 18.2 Å². The molecule has 0 amide bonds. The number of nitrogens with one attached hydrogen (secondary N) is 1. The lowest BCUT2D eigenvalue weighted by Gasteiger charge is -2.37. The van der Waals surface area contributed by atoms with Gasteiger partial charge < -0.3 is 10.1 Å². The third-order valence-electron chi connectivity index (χ3n) is 3.72. The zero-order valence-electron chi connectivity index (χ0n) is 11.6. The number of carbonyl (C=O) groups is 1. The van der Waals surface area contributed by atoms with Crippen LogP contribution in [0.25, 0.3) is 0 Å². The average molecular weight is 314 g/mol. The molecular weight excluding hydrogens is 294 g/mol. The molecule has 1 aliphatic heterocycles. The molecule has 5 heteroatoms. The highest BCUT2D eigenvalue weighted by atomic mass is 35.5. The minimum atomic E-state index is -0.527. The summed E-state index contributed by atoms with van der Waals surface area (Å²) in [4.78, 5) is 11.9. The lowest BCUT2D eigenvalue weighted by molar-refractivity contribution is -0.163. The van der Waals surface area contributed by atoms with Crippen LogP contribution in [-0.4, -0.2) is 24.8 Å². The summed E-state index contributed by atoms with van der Waals surface area (Å²) in [6, 6.07) is 5.87. The zero-order valence-corrected chi connectivity index (χ0v) is 13.3. The Hall–Kier alpha value is -0.710. The smallest absolute Gasteiger partial charge is 0.307 e. The topological polar surface area (TPSA) is 38.3 Å². The van der Waals surface area contributed by atoms with Gasteiger partial charge in [-0.2, -0.15) is 12.6 Å². The summed E-state index contributed by atoms with van der Waals surface area (Å²) in [5.74, 6) is 0.321. The Morgan fingerprint density at radius 2 is 2.15 bits per heavy atom. The SMILES string of the molecule is Cc1cc(C2(OC(=O)CCS)CCNCC2)ccc1Cl. The first-order valence-corrected chi connectivity index (χ1v) is 7.88. The number of aryl methyl sites for hydroxylation is 1. The molecule has 1 aliphatic rings. The molecule has 3 nitrogen and oxygen atoms in total. The van der Waals surface area contributed by atoms with Crippen molar-refractivity contribution >= 4 is 30.2 Å². The molecule has 0 saturated carbocycles. The third kappa shape index (κ3) is 3.48. The van der Waals surface area contributed by atoms with Crippen LogP contribution in [0.4, 0.5) is 0 Å². The molecule has 0 bridgehead atoms. The van der Waals surface area contributed by atoms with Gasteiger partial charge in [-0.1, -0.05) is 23.7 Å². The molecule has 0 spiro atoms. The van der Waals surface area contributed by atoms with E-state index in [9.17, 15) is 4.79 Å². The van der Waals surface area contributed by atoms with Crippen molar-refractivity contribution in [2.24, 2.45) is 0 Å². The van der Waals surface area contributed by atoms with Gasteiger partial charge in [0.05, 0.1) is 6.42 Å². The summed E-state index contributed by atoms with van der Waals surface area (Å²) in [7, 11) is 0. The summed E-state index contributed by atoms with van der Waals surface area (Å²) >= 11 is 10.2. The number of halogens is 1. The number of esters is 1. The van der Waals surface area contributed by atoms with E-state index < -0.39 is 5.60 Å². The largest absolute Gasteiger partial charge is 0.454 e. The van der Waals surface area contributed by atoms with Gasteiger partial charge in [0.2, 0.25) is 0 Å². The lowest BCUT2D eigenvalue weighted by Crippen LogP contribution is -2.43. The van der Waals surface area contributed by atoms with Crippen molar-refractivity contribution in [1.29, 1.82) is 0 Å². The molecule has 0 atom stereocenters. The second-order valence-corrected chi connectivity index (χ2v) is 6.01. The normalized spacial score (nSPS) is 17.8. The van der Waals surface area contributed by atoms with Crippen LogP contribution in [-0.2, 0) is 15.1 Å².